The highest BCUT2D eigenvalue weighted by atomic mass is 16.5. The third-order valence-corrected chi connectivity index (χ3v) is 10.9. The summed E-state index contributed by atoms with van der Waals surface area (Å²) in [7, 11) is 0. The molecule has 1 N–H and O–H groups in total. The summed E-state index contributed by atoms with van der Waals surface area (Å²) in [6, 6.07) is 0. The number of carbonyl (C=O) groups excluding carboxylic acids is 2. The Morgan fingerprint density at radius 2 is 1.04 bits per heavy atom. The number of carbonyl (C=O) groups is 2. The highest BCUT2D eigenvalue weighted by Crippen LogP contribution is 2.53. The summed E-state index contributed by atoms with van der Waals surface area (Å²) in [6.45, 7) is 11.4. The maximum atomic E-state index is 12.5. The van der Waals surface area contributed by atoms with Gasteiger partial charge in [-0.2, -0.15) is 0 Å². The molecule has 0 aromatic carbocycles. The van der Waals surface area contributed by atoms with Gasteiger partial charge in [0.2, 0.25) is 0 Å². The second kappa shape index (κ2) is 32.7. The SMILES string of the molecule is CCCCCCCCCOC(=O)CCCCCCCN(CCCO)CCCCC1(CCC(=O)OCCCCC(CCCC)CCCC)CC1. The summed E-state index contributed by atoms with van der Waals surface area (Å²) < 4.78 is 11.0. The molecule has 0 bridgehead atoms. The molecule has 0 unspecified atom stereocenters. The van der Waals surface area contributed by atoms with Gasteiger partial charge in [0.1, 0.15) is 0 Å². The van der Waals surface area contributed by atoms with Crippen LogP contribution >= 0.6 is 0 Å². The zero-order valence-electron chi connectivity index (χ0n) is 33.1. The van der Waals surface area contributed by atoms with Crippen LogP contribution in [0.15, 0.2) is 0 Å². The molecule has 0 atom stereocenters. The lowest BCUT2D eigenvalue weighted by atomic mass is 9.91. The Morgan fingerprint density at radius 3 is 1.65 bits per heavy atom. The van der Waals surface area contributed by atoms with E-state index in [4.69, 9.17) is 9.47 Å². The van der Waals surface area contributed by atoms with Gasteiger partial charge in [0.25, 0.3) is 0 Å². The zero-order chi connectivity index (χ0) is 35.7. The summed E-state index contributed by atoms with van der Waals surface area (Å²) in [4.78, 5) is 27.0. The fourth-order valence-corrected chi connectivity index (χ4v) is 7.30. The Labute approximate surface area is 304 Å². The lowest BCUT2D eigenvalue weighted by Crippen LogP contribution is -2.28. The number of hydrogen-bond donors (Lipinski definition) is 1. The lowest BCUT2D eigenvalue weighted by Gasteiger charge is -2.22. The lowest BCUT2D eigenvalue weighted by molar-refractivity contribution is -0.145. The molecule has 6 heteroatoms. The molecule has 0 heterocycles. The number of rotatable bonds is 38. The predicted octanol–water partition coefficient (Wildman–Crippen LogP) is 11.7. The number of unbranched alkanes of at least 4 members (excludes halogenated alkanes) is 14. The maximum absolute atomic E-state index is 12.5. The van der Waals surface area contributed by atoms with Crippen LogP contribution in [0.4, 0.5) is 0 Å². The predicted molar refractivity (Wildman–Crippen MR) is 207 cm³/mol. The number of aliphatic hydroxyl groups excluding tert-OH is 1. The number of ether oxygens (including phenoxy) is 2. The van der Waals surface area contributed by atoms with E-state index >= 15 is 0 Å². The molecule has 0 amide bonds. The molecular formula is C43H83NO5. The van der Waals surface area contributed by atoms with Crippen molar-refractivity contribution in [2.24, 2.45) is 11.3 Å². The minimum atomic E-state index is -0.0245. The smallest absolute Gasteiger partial charge is 0.305 e. The molecule has 0 radical (unpaired) electrons. The Morgan fingerprint density at radius 1 is 0.551 bits per heavy atom. The molecule has 1 rings (SSSR count). The third kappa shape index (κ3) is 28.2. The summed E-state index contributed by atoms with van der Waals surface area (Å²) in [6.07, 6.45) is 34.9. The monoisotopic (exact) mass is 694 g/mol. The van der Waals surface area contributed by atoms with E-state index in [1.807, 2.05) is 0 Å². The molecular weight excluding hydrogens is 610 g/mol. The first-order valence-electron chi connectivity index (χ1n) is 21.6. The first-order chi connectivity index (χ1) is 24.0. The van der Waals surface area contributed by atoms with Gasteiger partial charge in [-0.05, 0) is 95.1 Å². The summed E-state index contributed by atoms with van der Waals surface area (Å²) in [5.41, 5.74) is 0.390. The number of nitrogens with zero attached hydrogens (tertiary/aromatic N) is 1. The van der Waals surface area contributed by atoms with Crippen molar-refractivity contribution in [2.75, 3.05) is 39.5 Å². The number of hydrogen-bond acceptors (Lipinski definition) is 6. The quantitative estimate of drug-likeness (QED) is 0.0512. The van der Waals surface area contributed by atoms with Gasteiger partial charge in [0, 0.05) is 26.0 Å². The van der Waals surface area contributed by atoms with Crippen LogP contribution in [0.25, 0.3) is 0 Å². The van der Waals surface area contributed by atoms with Crippen LogP contribution < -0.4 is 0 Å². The molecule has 1 saturated carbocycles. The summed E-state index contributed by atoms with van der Waals surface area (Å²) >= 11 is 0. The molecule has 0 aromatic heterocycles. The van der Waals surface area contributed by atoms with Gasteiger partial charge in [0.05, 0.1) is 13.2 Å². The summed E-state index contributed by atoms with van der Waals surface area (Å²) in [5.74, 6) is 0.841. The third-order valence-electron chi connectivity index (χ3n) is 10.9. The first kappa shape index (κ1) is 45.9. The van der Waals surface area contributed by atoms with Gasteiger partial charge < -0.3 is 19.5 Å². The largest absolute Gasteiger partial charge is 0.466 e. The van der Waals surface area contributed by atoms with Crippen LogP contribution in [0.2, 0.25) is 0 Å². The van der Waals surface area contributed by atoms with Crippen molar-refractivity contribution < 1.29 is 24.2 Å². The minimum Gasteiger partial charge on any atom is -0.466 e. The van der Waals surface area contributed by atoms with Gasteiger partial charge in [-0.1, -0.05) is 130 Å². The fraction of sp³-hybridized carbons (Fsp3) is 0.953. The van der Waals surface area contributed by atoms with Gasteiger partial charge in [0.15, 0.2) is 0 Å². The maximum Gasteiger partial charge on any atom is 0.305 e. The average molecular weight is 694 g/mol. The van der Waals surface area contributed by atoms with Crippen molar-refractivity contribution in [3.63, 3.8) is 0 Å². The van der Waals surface area contributed by atoms with E-state index in [1.54, 1.807) is 0 Å². The van der Waals surface area contributed by atoms with E-state index in [-0.39, 0.29) is 18.5 Å². The van der Waals surface area contributed by atoms with E-state index in [1.165, 1.54) is 141 Å². The standard InChI is InChI=1S/C43H83NO5/c1-4-7-10-11-12-16-22-38-48-41(46)28-17-14-13-15-20-34-44(36-24-37-45)35-21-19-30-43(32-33-43)31-29-42(47)49-39-23-18-27-40(25-8-5-2)26-9-6-3/h40,45H,4-39H2,1-3H3. The van der Waals surface area contributed by atoms with Gasteiger partial charge in [-0.3, -0.25) is 9.59 Å². The fourth-order valence-electron chi connectivity index (χ4n) is 7.30. The van der Waals surface area contributed by atoms with Crippen LogP contribution in [0.1, 0.15) is 213 Å². The average Bonchev–Trinajstić information content (AvgIpc) is 3.88. The molecule has 1 fully saturated rings. The molecule has 0 spiro atoms. The van der Waals surface area contributed by atoms with E-state index in [9.17, 15) is 14.7 Å². The highest BCUT2D eigenvalue weighted by molar-refractivity contribution is 5.69. The highest BCUT2D eigenvalue weighted by Gasteiger charge is 2.41. The summed E-state index contributed by atoms with van der Waals surface area (Å²) in [5, 5.41) is 9.40. The Kier molecular flexibility index (Phi) is 30.7. The molecule has 0 saturated heterocycles. The Balaban J connectivity index is 2.08. The zero-order valence-corrected chi connectivity index (χ0v) is 33.1. The van der Waals surface area contributed by atoms with Crippen molar-refractivity contribution >= 4 is 11.9 Å². The first-order valence-corrected chi connectivity index (χ1v) is 21.6. The number of esters is 2. The van der Waals surface area contributed by atoms with Gasteiger partial charge in [-0.25, -0.2) is 0 Å². The van der Waals surface area contributed by atoms with Crippen molar-refractivity contribution in [3.8, 4) is 0 Å². The van der Waals surface area contributed by atoms with E-state index in [0.29, 0.717) is 31.5 Å². The van der Waals surface area contributed by atoms with E-state index < -0.39 is 0 Å². The van der Waals surface area contributed by atoms with Crippen molar-refractivity contribution in [1.29, 1.82) is 0 Å². The Hall–Kier alpha value is -1.14. The van der Waals surface area contributed by atoms with Crippen LogP contribution in [0.5, 0.6) is 0 Å². The van der Waals surface area contributed by atoms with Crippen molar-refractivity contribution in [2.45, 2.75) is 213 Å². The molecule has 290 valence electrons. The molecule has 49 heavy (non-hydrogen) atoms. The number of aliphatic hydroxyl groups is 1. The second-order valence-electron chi connectivity index (χ2n) is 15.6. The Bertz CT molecular complexity index is 747. The normalized spacial score (nSPS) is 13.8. The second-order valence-corrected chi connectivity index (χ2v) is 15.6. The van der Waals surface area contributed by atoms with Gasteiger partial charge >= 0.3 is 11.9 Å². The van der Waals surface area contributed by atoms with Crippen LogP contribution in [-0.2, 0) is 19.1 Å². The minimum absolute atomic E-state index is 0.00806. The van der Waals surface area contributed by atoms with Crippen molar-refractivity contribution in [3.05, 3.63) is 0 Å². The molecule has 1 aliphatic carbocycles. The van der Waals surface area contributed by atoms with Crippen molar-refractivity contribution in [1.82, 2.24) is 4.90 Å². The molecule has 0 aliphatic heterocycles. The molecule has 0 aromatic rings. The van der Waals surface area contributed by atoms with E-state index in [2.05, 4.69) is 25.7 Å². The van der Waals surface area contributed by atoms with E-state index in [0.717, 1.165) is 64.1 Å². The van der Waals surface area contributed by atoms with Gasteiger partial charge in [-0.15, -0.1) is 0 Å². The van der Waals surface area contributed by atoms with Crippen LogP contribution in [0.3, 0.4) is 0 Å². The topological polar surface area (TPSA) is 76.1 Å². The molecule has 6 nitrogen and oxygen atoms in total. The van der Waals surface area contributed by atoms with Crippen LogP contribution in [-0.4, -0.2) is 61.4 Å². The molecule has 1 aliphatic rings. The van der Waals surface area contributed by atoms with Crippen LogP contribution in [0, 0.1) is 11.3 Å².